The Morgan fingerprint density at radius 3 is 2.87 bits per heavy atom. The number of allylic oxidation sites excluding steroid dienone is 1. The summed E-state index contributed by atoms with van der Waals surface area (Å²) in [7, 11) is 0. The van der Waals surface area contributed by atoms with Crippen molar-refractivity contribution in [2.24, 2.45) is 0 Å². The van der Waals surface area contributed by atoms with Crippen molar-refractivity contribution in [3.05, 3.63) is 45.0 Å². The lowest BCUT2D eigenvalue weighted by Crippen LogP contribution is -1.90. The van der Waals surface area contributed by atoms with Gasteiger partial charge in [0.05, 0.1) is 10.5 Å². The van der Waals surface area contributed by atoms with Crippen LogP contribution in [0, 0.1) is 10.1 Å². The van der Waals surface area contributed by atoms with Gasteiger partial charge in [-0.1, -0.05) is 39.7 Å². The fraction of sp³-hybridized carbons (Fsp3) is 0.200. The van der Waals surface area contributed by atoms with Crippen LogP contribution < -0.4 is 0 Å². The second kappa shape index (κ2) is 5.88. The highest BCUT2D eigenvalue weighted by Gasteiger charge is 2.10. The van der Waals surface area contributed by atoms with Crippen molar-refractivity contribution >= 4 is 39.3 Å². The molecule has 0 unspecified atom stereocenters. The molecule has 1 rings (SSSR count). The van der Waals surface area contributed by atoms with E-state index < -0.39 is 4.92 Å². The minimum atomic E-state index is -0.413. The van der Waals surface area contributed by atoms with E-state index in [1.165, 1.54) is 12.1 Å². The number of halogens is 2. The molecule has 1 aromatic rings. The van der Waals surface area contributed by atoms with Gasteiger partial charge in [-0.15, -0.1) is 0 Å². The SMILES string of the molecule is O=[N+]([O-])c1ccc(Cl)cc1C=CCCBr. The van der Waals surface area contributed by atoms with E-state index in [-0.39, 0.29) is 5.69 Å². The minimum Gasteiger partial charge on any atom is -0.258 e. The van der Waals surface area contributed by atoms with Gasteiger partial charge in [0.1, 0.15) is 0 Å². The Labute approximate surface area is 101 Å². The molecule has 0 aliphatic carbocycles. The number of benzene rings is 1. The van der Waals surface area contributed by atoms with E-state index in [0.717, 1.165) is 11.8 Å². The van der Waals surface area contributed by atoms with E-state index in [1.54, 1.807) is 12.1 Å². The van der Waals surface area contributed by atoms with Crippen LogP contribution in [0.3, 0.4) is 0 Å². The van der Waals surface area contributed by atoms with Gasteiger partial charge in [-0.05, 0) is 18.6 Å². The molecule has 0 aliphatic rings. The molecule has 80 valence electrons. The van der Waals surface area contributed by atoms with E-state index in [0.29, 0.717) is 10.6 Å². The van der Waals surface area contributed by atoms with Gasteiger partial charge < -0.3 is 0 Å². The number of alkyl halides is 1. The molecule has 0 bridgehead atoms. The predicted molar refractivity (Wildman–Crippen MR) is 65.6 cm³/mol. The van der Waals surface area contributed by atoms with Crippen LogP contribution in [0.5, 0.6) is 0 Å². The zero-order valence-electron chi connectivity index (χ0n) is 7.82. The predicted octanol–water partition coefficient (Wildman–Crippen LogP) is 4.05. The van der Waals surface area contributed by atoms with Crippen LogP contribution in [0.1, 0.15) is 12.0 Å². The first-order chi connectivity index (χ1) is 7.15. The molecule has 0 radical (unpaired) electrons. The molecule has 0 fully saturated rings. The molecule has 5 heteroatoms. The highest BCUT2D eigenvalue weighted by atomic mass is 79.9. The van der Waals surface area contributed by atoms with Crippen LogP contribution in [-0.4, -0.2) is 10.3 Å². The molecule has 0 saturated carbocycles. The van der Waals surface area contributed by atoms with Crippen LogP contribution in [-0.2, 0) is 0 Å². The number of hydrogen-bond acceptors (Lipinski definition) is 2. The van der Waals surface area contributed by atoms with Crippen LogP contribution in [0.25, 0.3) is 6.08 Å². The molecule has 0 aromatic heterocycles. The van der Waals surface area contributed by atoms with Crippen LogP contribution in [0.15, 0.2) is 24.3 Å². The average molecular weight is 291 g/mol. The van der Waals surface area contributed by atoms with Crippen molar-refractivity contribution in [3.63, 3.8) is 0 Å². The van der Waals surface area contributed by atoms with Gasteiger partial charge in [0, 0.05) is 16.4 Å². The summed E-state index contributed by atoms with van der Waals surface area (Å²) in [5.74, 6) is 0. The van der Waals surface area contributed by atoms with Crippen LogP contribution in [0.2, 0.25) is 5.02 Å². The Bertz CT molecular complexity index is 393. The summed E-state index contributed by atoms with van der Waals surface area (Å²) in [6, 6.07) is 4.52. The number of nitrogens with zero attached hydrogens (tertiary/aromatic N) is 1. The van der Waals surface area contributed by atoms with E-state index in [9.17, 15) is 10.1 Å². The highest BCUT2D eigenvalue weighted by molar-refractivity contribution is 9.09. The standard InChI is InChI=1S/C10H9BrClNO2/c11-6-2-1-3-8-7-9(12)4-5-10(8)13(14)15/h1,3-5,7H,2,6H2. The molecule has 0 saturated heterocycles. The largest absolute Gasteiger partial charge is 0.276 e. The van der Waals surface area contributed by atoms with E-state index in [4.69, 9.17) is 11.6 Å². The maximum atomic E-state index is 10.7. The normalized spacial score (nSPS) is 10.8. The smallest absolute Gasteiger partial charge is 0.258 e. The maximum Gasteiger partial charge on any atom is 0.276 e. The van der Waals surface area contributed by atoms with Crippen molar-refractivity contribution in [3.8, 4) is 0 Å². The average Bonchev–Trinajstić information content (AvgIpc) is 2.18. The van der Waals surface area contributed by atoms with Gasteiger partial charge in [-0.3, -0.25) is 10.1 Å². The van der Waals surface area contributed by atoms with Crippen LogP contribution in [0.4, 0.5) is 5.69 Å². The van der Waals surface area contributed by atoms with Crippen molar-refractivity contribution in [2.45, 2.75) is 6.42 Å². The topological polar surface area (TPSA) is 43.1 Å². The second-order valence-corrected chi connectivity index (χ2v) is 4.07. The molecular weight excluding hydrogens is 281 g/mol. The summed E-state index contributed by atoms with van der Waals surface area (Å²) >= 11 is 9.04. The molecule has 0 amide bonds. The Balaban J connectivity index is 3.02. The van der Waals surface area contributed by atoms with Gasteiger partial charge in [0.25, 0.3) is 5.69 Å². The van der Waals surface area contributed by atoms with Gasteiger partial charge in [-0.25, -0.2) is 0 Å². The lowest BCUT2D eigenvalue weighted by atomic mass is 10.1. The molecule has 0 aliphatic heterocycles. The Kier molecular flexibility index (Phi) is 4.78. The second-order valence-electron chi connectivity index (χ2n) is 2.84. The van der Waals surface area contributed by atoms with E-state index in [1.807, 2.05) is 6.08 Å². The van der Waals surface area contributed by atoms with Crippen LogP contribution >= 0.6 is 27.5 Å². The molecule has 0 heterocycles. The van der Waals surface area contributed by atoms with E-state index in [2.05, 4.69) is 15.9 Å². The molecule has 3 nitrogen and oxygen atoms in total. The quantitative estimate of drug-likeness (QED) is 0.477. The number of hydrogen-bond donors (Lipinski definition) is 0. The molecule has 0 atom stereocenters. The number of nitro groups is 1. The Morgan fingerprint density at radius 2 is 2.27 bits per heavy atom. The summed E-state index contributed by atoms with van der Waals surface area (Å²) in [5.41, 5.74) is 0.610. The molecule has 15 heavy (non-hydrogen) atoms. The molecule has 1 aromatic carbocycles. The first-order valence-corrected chi connectivity index (χ1v) is 5.81. The maximum absolute atomic E-state index is 10.7. The van der Waals surface area contributed by atoms with Crippen molar-refractivity contribution in [1.82, 2.24) is 0 Å². The summed E-state index contributed by atoms with van der Waals surface area (Å²) in [6.45, 7) is 0. The lowest BCUT2D eigenvalue weighted by Gasteiger charge is -1.97. The Hall–Kier alpha value is -0.870. The third kappa shape index (κ3) is 3.64. The third-order valence-corrected chi connectivity index (χ3v) is 2.45. The fourth-order valence-electron chi connectivity index (χ4n) is 1.10. The van der Waals surface area contributed by atoms with Crippen molar-refractivity contribution < 1.29 is 4.92 Å². The summed E-state index contributed by atoms with van der Waals surface area (Å²) in [5, 5.41) is 12.0. The van der Waals surface area contributed by atoms with Crippen molar-refractivity contribution in [1.29, 1.82) is 0 Å². The number of rotatable bonds is 4. The summed E-state index contributed by atoms with van der Waals surface area (Å²) < 4.78 is 0. The van der Waals surface area contributed by atoms with Gasteiger partial charge in [0.2, 0.25) is 0 Å². The summed E-state index contributed by atoms with van der Waals surface area (Å²) in [4.78, 5) is 10.3. The highest BCUT2D eigenvalue weighted by Crippen LogP contribution is 2.23. The Morgan fingerprint density at radius 1 is 1.53 bits per heavy atom. The zero-order valence-corrected chi connectivity index (χ0v) is 10.2. The monoisotopic (exact) mass is 289 g/mol. The molecule has 0 N–H and O–H groups in total. The first kappa shape index (κ1) is 12.2. The first-order valence-electron chi connectivity index (χ1n) is 4.31. The molecule has 0 spiro atoms. The van der Waals surface area contributed by atoms with Gasteiger partial charge in [-0.2, -0.15) is 0 Å². The van der Waals surface area contributed by atoms with Gasteiger partial charge >= 0.3 is 0 Å². The third-order valence-electron chi connectivity index (χ3n) is 1.76. The number of nitro benzene ring substituents is 1. The lowest BCUT2D eigenvalue weighted by molar-refractivity contribution is -0.385. The summed E-state index contributed by atoms with van der Waals surface area (Å²) in [6.07, 6.45) is 4.41. The van der Waals surface area contributed by atoms with E-state index >= 15 is 0 Å². The fourth-order valence-corrected chi connectivity index (χ4v) is 1.54. The molecular formula is C10H9BrClNO2. The van der Waals surface area contributed by atoms with Gasteiger partial charge in [0.15, 0.2) is 0 Å². The minimum absolute atomic E-state index is 0.0743. The van der Waals surface area contributed by atoms with Crippen molar-refractivity contribution in [2.75, 3.05) is 5.33 Å². The zero-order chi connectivity index (χ0) is 11.3.